The smallest absolute Gasteiger partial charge is 0.274 e. The molecule has 1 aromatic heterocycles. The number of Topliss-reactive ketones (excluding diaryl/α,β-unsaturated/α-hetero) is 1. The number of ketones is 1. The average molecular weight is 338 g/mol. The van der Waals surface area contributed by atoms with E-state index in [1.807, 2.05) is 17.0 Å². The fourth-order valence-electron chi connectivity index (χ4n) is 2.98. The number of likely N-dealkylation sites (tertiary alicyclic amines) is 1. The van der Waals surface area contributed by atoms with Crippen molar-refractivity contribution in [2.75, 3.05) is 18.4 Å². The Hall–Kier alpha value is -2.76. The van der Waals surface area contributed by atoms with Gasteiger partial charge in [0.25, 0.3) is 5.91 Å². The molecular weight excluding hydrogens is 316 g/mol. The maximum absolute atomic E-state index is 12.5. The van der Waals surface area contributed by atoms with Crippen LogP contribution in [0.25, 0.3) is 0 Å². The van der Waals surface area contributed by atoms with Gasteiger partial charge in [-0.3, -0.25) is 9.59 Å². The van der Waals surface area contributed by atoms with Gasteiger partial charge in [0.05, 0.1) is 12.4 Å². The van der Waals surface area contributed by atoms with Gasteiger partial charge in [-0.2, -0.15) is 0 Å². The van der Waals surface area contributed by atoms with E-state index in [0.717, 1.165) is 25.2 Å². The van der Waals surface area contributed by atoms with E-state index in [2.05, 4.69) is 22.2 Å². The van der Waals surface area contributed by atoms with Gasteiger partial charge in [0.2, 0.25) is 0 Å². The first-order valence-electron chi connectivity index (χ1n) is 8.52. The Bertz CT molecular complexity index is 756. The molecule has 1 atom stereocenters. The standard InChI is InChI=1S/C19H22N4O2/c1-13-4-3-9-23(12-13)19(25)17-10-21-18(11-20-17)22-16-7-5-15(6-8-16)14(2)24/h5-8,10-11,13H,3-4,9,12H2,1-2H3,(H,21,22). The number of nitrogens with zero attached hydrogens (tertiary/aromatic N) is 3. The van der Waals surface area contributed by atoms with Crippen molar-refractivity contribution in [1.82, 2.24) is 14.9 Å². The van der Waals surface area contributed by atoms with Crippen LogP contribution in [0.1, 0.15) is 47.5 Å². The zero-order chi connectivity index (χ0) is 17.8. The third-order valence-corrected chi connectivity index (χ3v) is 4.38. The number of benzene rings is 1. The number of anilines is 2. The van der Waals surface area contributed by atoms with E-state index in [-0.39, 0.29) is 11.7 Å². The Labute approximate surface area is 147 Å². The van der Waals surface area contributed by atoms with E-state index >= 15 is 0 Å². The summed E-state index contributed by atoms with van der Waals surface area (Å²) in [6, 6.07) is 7.14. The van der Waals surface area contributed by atoms with Crippen molar-refractivity contribution in [3.05, 3.63) is 47.9 Å². The number of hydrogen-bond donors (Lipinski definition) is 1. The van der Waals surface area contributed by atoms with Crippen molar-refractivity contribution in [3.63, 3.8) is 0 Å². The normalized spacial score (nSPS) is 17.2. The van der Waals surface area contributed by atoms with Crippen LogP contribution in [0.5, 0.6) is 0 Å². The molecule has 3 rings (SSSR count). The molecule has 130 valence electrons. The number of carbonyl (C=O) groups is 2. The minimum Gasteiger partial charge on any atom is -0.339 e. The zero-order valence-electron chi connectivity index (χ0n) is 14.5. The third kappa shape index (κ3) is 4.21. The third-order valence-electron chi connectivity index (χ3n) is 4.38. The molecule has 1 N–H and O–H groups in total. The molecule has 1 aromatic carbocycles. The van der Waals surface area contributed by atoms with Gasteiger partial charge in [-0.1, -0.05) is 6.92 Å². The molecular formula is C19H22N4O2. The van der Waals surface area contributed by atoms with Gasteiger partial charge in [0.15, 0.2) is 5.78 Å². The van der Waals surface area contributed by atoms with Crippen LogP contribution < -0.4 is 5.32 Å². The number of hydrogen-bond acceptors (Lipinski definition) is 5. The number of carbonyl (C=O) groups excluding carboxylic acids is 2. The van der Waals surface area contributed by atoms with E-state index in [0.29, 0.717) is 23.0 Å². The lowest BCUT2D eigenvalue weighted by molar-refractivity contribution is 0.0676. The van der Waals surface area contributed by atoms with E-state index in [1.54, 1.807) is 18.3 Å². The summed E-state index contributed by atoms with van der Waals surface area (Å²) in [4.78, 5) is 34.2. The van der Waals surface area contributed by atoms with Gasteiger partial charge < -0.3 is 10.2 Å². The van der Waals surface area contributed by atoms with Crippen LogP contribution >= 0.6 is 0 Å². The summed E-state index contributed by atoms with van der Waals surface area (Å²) in [6.45, 7) is 5.26. The van der Waals surface area contributed by atoms with Crippen LogP contribution in [0.3, 0.4) is 0 Å². The molecule has 1 saturated heterocycles. The lowest BCUT2D eigenvalue weighted by atomic mass is 10.0. The molecule has 25 heavy (non-hydrogen) atoms. The second-order valence-electron chi connectivity index (χ2n) is 6.54. The fourth-order valence-corrected chi connectivity index (χ4v) is 2.98. The van der Waals surface area contributed by atoms with E-state index in [9.17, 15) is 9.59 Å². The van der Waals surface area contributed by atoms with Gasteiger partial charge in [-0.25, -0.2) is 9.97 Å². The Morgan fingerprint density at radius 1 is 1.16 bits per heavy atom. The van der Waals surface area contributed by atoms with E-state index in [1.165, 1.54) is 19.5 Å². The Morgan fingerprint density at radius 2 is 1.92 bits per heavy atom. The second-order valence-corrected chi connectivity index (χ2v) is 6.54. The summed E-state index contributed by atoms with van der Waals surface area (Å²) in [6.07, 6.45) is 5.27. The predicted octanol–water partition coefficient (Wildman–Crippen LogP) is 3.29. The van der Waals surface area contributed by atoms with E-state index in [4.69, 9.17) is 0 Å². The van der Waals surface area contributed by atoms with Crippen LogP contribution in [-0.4, -0.2) is 39.6 Å². The summed E-state index contributed by atoms with van der Waals surface area (Å²) in [7, 11) is 0. The maximum Gasteiger partial charge on any atom is 0.274 e. The molecule has 2 aromatic rings. The van der Waals surface area contributed by atoms with Crippen LogP contribution in [-0.2, 0) is 0 Å². The van der Waals surface area contributed by atoms with E-state index < -0.39 is 0 Å². The predicted molar refractivity (Wildman–Crippen MR) is 96.1 cm³/mol. The van der Waals surface area contributed by atoms with Crippen molar-refractivity contribution in [3.8, 4) is 0 Å². The average Bonchev–Trinajstić information content (AvgIpc) is 2.62. The molecule has 0 spiro atoms. The highest BCUT2D eigenvalue weighted by Gasteiger charge is 2.23. The molecule has 1 fully saturated rings. The van der Waals surface area contributed by atoms with Crippen LogP contribution in [0.4, 0.5) is 11.5 Å². The molecule has 0 radical (unpaired) electrons. The summed E-state index contributed by atoms with van der Waals surface area (Å²) in [5.74, 6) is 1.06. The molecule has 6 nitrogen and oxygen atoms in total. The number of piperidine rings is 1. The fraction of sp³-hybridized carbons (Fsp3) is 0.368. The molecule has 1 amide bonds. The molecule has 1 aliphatic rings. The minimum absolute atomic E-state index is 0.0289. The molecule has 2 heterocycles. The van der Waals surface area contributed by atoms with Gasteiger partial charge in [0.1, 0.15) is 11.5 Å². The minimum atomic E-state index is -0.0589. The molecule has 6 heteroatoms. The SMILES string of the molecule is CC(=O)c1ccc(Nc2cnc(C(=O)N3CCCC(C)C3)cn2)cc1. The zero-order valence-corrected chi connectivity index (χ0v) is 14.5. The molecule has 1 unspecified atom stereocenters. The Morgan fingerprint density at radius 3 is 2.52 bits per heavy atom. The quantitative estimate of drug-likeness (QED) is 0.866. The first-order valence-corrected chi connectivity index (χ1v) is 8.52. The molecule has 0 saturated carbocycles. The van der Waals surface area contributed by atoms with Crippen molar-refractivity contribution in [2.24, 2.45) is 5.92 Å². The van der Waals surface area contributed by atoms with Gasteiger partial charge in [-0.15, -0.1) is 0 Å². The topological polar surface area (TPSA) is 75.2 Å². The highest BCUT2D eigenvalue weighted by atomic mass is 16.2. The highest BCUT2D eigenvalue weighted by Crippen LogP contribution is 2.18. The first-order chi connectivity index (χ1) is 12.0. The lowest BCUT2D eigenvalue weighted by Gasteiger charge is -2.30. The van der Waals surface area contributed by atoms with Crippen molar-refractivity contribution in [1.29, 1.82) is 0 Å². The number of nitrogens with one attached hydrogen (secondary N) is 1. The summed E-state index contributed by atoms with van der Waals surface area (Å²) < 4.78 is 0. The molecule has 0 bridgehead atoms. The molecule has 0 aliphatic carbocycles. The van der Waals surface area contributed by atoms with Crippen LogP contribution in [0.15, 0.2) is 36.7 Å². The summed E-state index contributed by atoms with van der Waals surface area (Å²) >= 11 is 0. The van der Waals surface area contributed by atoms with Gasteiger partial charge >= 0.3 is 0 Å². The van der Waals surface area contributed by atoms with Crippen molar-refractivity contribution >= 4 is 23.2 Å². The number of rotatable bonds is 4. The monoisotopic (exact) mass is 338 g/mol. The molecule has 1 aliphatic heterocycles. The van der Waals surface area contributed by atoms with Gasteiger partial charge in [-0.05, 0) is 49.9 Å². The lowest BCUT2D eigenvalue weighted by Crippen LogP contribution is -2.39. The van der Waals surface area contributed by atoms with Crippen molar-refractivity contribution in [2.45, 2.75) is 26.7 Å². The van der Waals surface area contributed by atoms with Crippen LogP contribution in [0.2, 0.25) is 0 Å². The van der Waals surface area contributed by atoms with Crippen LogP contribution in [0, 0.1) is 5.92 Å². The largest absolute Gasteiger partial charge is 0.339 e. The highest BCUT2D eigenvalue weighted by molar-refractivity contribution is 5.94. The summed E-state index contributed by atoms with van der Waals surface area (Å²) in [5.41, 5.74) is 1.84. The number of aromatic nitrogens is 2. The van der Waals surface area contributed by atoms with Crippen molar-refractivity contribution < 1.29 is 9.59 Å². The Kier molecular flexibility index (Phi) is 5.07. The second kappa shape index (κ2) is 7.42. The first kappa shape index (κ1) is 17.1. The summed E-state index contributed by atoms with van der Waals surface area (Å²) in [5, 5.41) is 3.11. The maximum atomic E-state index is 12.5. The van der Waals surface area contributed by atoms with Gasteiger partial charge in [0, 0.05) is 24.3 Å². The number of amides is 1. The Balaban J connectivity index is 1.65.